The SMILES string of the molecule is Cc1cc(OCCCC2CCN(Cl)CC2)ccc1C(=O)O. The maximum atomic E-state index is 10.9. The van der Waals surface area contributed by atoms with Crippen LogP contribution in [0, 0.1) is 12.8 Å². The minimum Gasteiger partial charge on any atom is -0.494 e. The fourth-order valence-corrected chi connectivity index (χ4v) is 2.91. The normalized spacial score (nSPS) is 16.9. The molecule has 0 aliphatic carbocycles. The van der Waals surface area contributed by atoms with E-state index in [2.05, 4.69) is 0 Å². The van der Waals surface area contributed by atoms with Gasteiger partial charge in [-0.1, -0.05) is 0 Å². The third kappa shape index (κ3) is 4.90. The number of halogens is 1. The Hall–Kier alpha value is -1.26. The van der Waals surface area contributed by atoms with Crippen molar-refractivity contribution in [3.8, 4) is 5.75 Å². The lowest BCUT2D eigenvalue weighted by molar-refractivity contribution is 0.0696. The Morgan fingerprint density at radius 1 is 1.43 bits per heavy atom. The highest BCUT2D eigenvalue weighted by molar-refractivity contribution is 6.13. The minimum atomic E-state index is -0.898. The average Bonchev–Trinajstić information content (AvgIpc) is 2.45. The lowest BCUT2D eigenvalue weighted by Crippen LogP contribution is -2.26. The van der Waals surface area contributed by atoms with Crippen molar-refractivity contribution in [2.75, 3.05) is 19.7 Å². The number of aromatic carboxylic acids is 1. The number of carbonyl (C=O) groups is 1. The van der Waals surface area contributed by atoms with Gasteiger partial charge in [-0.05, 0) is 74.1 Å². The van der Waals surface area contributed by atoms with Crippen molar-refractivity contribution in [2.45, 2.75) is 32.6 Å². The van der Waals surface area contributed by atoms with E-state index in [-0.39, 0.29) is 0 Å². The first kappa shape index (κ1) is 16.1. The van der Waals surface area contributed by atoms with Crippen molar-refractivity contribution in [1.29, 1.82) is 0 Å². The summed E-state index contributed by atoms with van der Waals surface area (Å²) in [5, 5.41) is 8.98. The number of aryl methyl sites for hydroxylation is 1. The van der Waals surface area contributed by atoms with Gasteiger partial charge >= 0.3 is 5.97 Å². The fourth-order valence-electron chi connectivity index (χ4n) is 2.72. The molecule has 1 aliphatic rings. The zero-order chi connectivity index (χ0) is 15.2. The third-order valence-electron chi connectivity index (χ3n) is 4.01. The van der Waals surface area contributed by atoms with Crippen molar-refractivity contribution < 1.29 is 14.6 Å². The Morgan fingerprint density at radius 2 is 2.14 bits per heavy atom. The summed E-state index contributed by atoms with van der Waals surface area (Å²) in [7, 11) is 0. The predicted octanol–water partition coefficient (Wildman–Crippen LogP) is 3.72. The first-order valence-electron chi connectivity index (χ1n) is 7.43. The minimum absolute atomic E-state index is 0.329. The number of benzene rings is 1. The topological polar surface area (TPSA) is 49.8 Å². The van der Waals surface area contributed by atoms with Crippen LogP contribution in [0.3, 0.4) is 0 Å². The van der Waals surface area contributed by atoms with E-state index in [4.69, 9.17) is 21.6 Å². The van der Waals surface area contributed by atoms with Crippen molar-refractivity contribution in [2.24, 2.45) is 5.92 Å². The molecule has 0 spiro atoms. The van der Waals surface area contributed by atoms with Crippen LogP contribution in [0.2, 0.25) is 0 Å². The largest absolute Gasteiger partial charge is 0.494 e. The maximum absolute atomic E-state index is 10.9. The summed E-state index contributed by atoms with van der Waals surface area (Å²) >= 11 is 5.94. The number of hydrogen-bond acceptors (Lipinski definition) is 3. The van der Waals surface area contributed by atoms with Gasteiger partial charge in [0.1, 0.15) is 5.75 Å². The second kappa shape index (κ2) is 7.66. The molecular formula is C16H22ClNO3. The van der Waals surface area contributed by atoms with Gasteiger partial charge in [0, 0.05) is 13.1 Å². The van der Waals surface area contributed by atoms with Gasteiger partial charge in [0.25, 0.3) is 0 Å². The molecule has 1 fully saturated rings. The molecule has 1 aromatic rings. The molecule has 1 N–H and O–H groups in total. The highest BCUT2D eigenvalue weighted by Crippen LogP contribution is 2.23. The van der Waals surface area contributed by atoms with Gasteiger partial charge < -0.3 is 9.84 Å². The molecule has 1 heterocycles. The molecule has 5 heteroatoms. The van der Waals surface area contributed by atoms with E-state index < -0.39 is 5.97 Å². The molecular weight excluding hydrogens is 290 g/mol. The Balaban J connectivity index is 1.71. The predicted molar refractivity (Wildman–Crippen MR) is 83.0 cm³/mol. The first-order chi connectivity index (χ1) is 10.1. The van der Waals surface area contributed by atoms with E-state index in [0.717, 1.165) is 56.0 Å². The standard InChI is InChI=1S/C16H22ClNO3/c1-12-11-14(4-5-15(12)16(19)20)21-10-2-3-13-6-8-18(17)9-7-13/h4-5,11,13H,2-3,6-10H2,1H3,(H,19,20). The van der Waals surface area contributed by atoms with Gasteiger partial charge in [0.05, 0.1) is 12.2 Å². The zero-order valence-corrected chi connectivity index (χ0v) is 13.1. The van der Waals surface area contributed by atoms with Crippen molar-refractivity contribution in [1.82, 2.24) is 4.42 Å². The molecule has 1 aromatic carbocycles. The molecule has 0 aromatic heterocycles. The first-order valence-corrected chi connectivity index (χ1v) is 7.77. The average molecular weight is 312 g/mol. The second-order valence-corrected chi connectivity index (χ2v) is 6.10. The third-order valence-corrected chi connectivity index (χ3v) is 4.35. The molecule has 116 valence electrons. The summed E-state index contributed by atoms with van der Waals surface area (Å²) in [6.07, 6.45) is 4.51. The quantitative estimate of drug-likeness (QED) is 0.642. The van der Waals surface area contributed by atoms with Crippen LogP contribution in [0.25, 0.3) is 0 Å². The zero-order valence-electron chi connectivity index (χ0n) is 12.3. The molecule has 0 amide bonds. The lowest BCUT2D eigenvalue weighted by Gasteiger charge is -2.26. The number of hydrogen-bond donors (Lipinski definition) is 1. The smallest absolute Gasteiger partial charge is 0.335 e. The summed E-state index contributed by atoms with van der Waals surface area (Å²) in [5.41, 5.74) is 1.06. The highest BCUT2D eigenvalue weighted by atomic mass is 35.5. The number of carboxylic acids is 1. The van der Waals surface area contributed by atoms with Gasteiger partial charge in [-0.2, -0.15) is 0 Å². The summed E-state index contributed by atoms with van der Waals surface area (Å²) in [5.74, 6) is 0.595. The second-order valence-electron chi connectivity index (χ2n) is 5.63. The van der Waals surface area contributed by atoms with E-state index in [0.29, 0.717) is 12.2 Å². The van der Waals surface area contributed by atoms with Gasteiger partial charge in [-0.15, -0.1) is 0 Å². The lowest BCUT2D eigenvalue weighted by atomic mass is 9.93. The van der Waals surface area contributed by atoms with E-state index >= 15 is 0 Å². The van der Waals surface area contributed by atoms with Crippen LogP contribution < -0.4 is 4.74 Å². The Bertz CT molecular complexity index is 484. The summed E-state index contributed by atoms with van der Waals surface area (Å²) < 4.78 is 7.57. The molecule has 0 saturated carbocycles. The number of piperidine rings is 1. The molecule has 0 bridgehead atoms. The van der Waals surface area contributed by atoms with Crippen LogP contribution in [0.1, 0.15) is 41.6 Å². The molecule has 0 radical (unpaired) electrons. The number of rotatable bonds is 6. The highest BCUT2D eigenvalue weighted by Gasteiger charge is 2.17. The number of carboxylic acid groups (broad SMARTS) is 1. The summed E-state index contributed by atoms with van der Waals surface area (Å²) in [4.78, 5) is 10.9. The molecule has 21 heavy (non-hydrogen) atoms. The van der Waals surface area contributed by atoms with E-state index in [1.165, 1.54) is 0 Å². The van der Waals surface area contributed by atoms with Crippen molar-refractivity contribution >= 4 is 17.7 Å². The molecule has 1 saturated heterocycles. The van der Waals surface area contributed by atoms with E-state index in [9.17, 15) is 4.79 Å². The number of ether oxygens (including phenoxy) is 1. The summed E-state index contributed by atoms with van der Waals surface area (Å²) in [6.45, 7) is 4.41. The molecule has 0 unspecified atom stereocenters. The van der Waals surface area contributed by atoms with Gasteiger partial charge in [0.15, 0.2) is 0 Å². The van der Waals surface area contributed by atoms with Crippen LogP contribution >= 0.6 is 11.8 Å². The van der Waals surface area contributed by atoms with Crippen LogP contribution in [-0.4, -0.2) is 35.2 Å². The van der Waals surface area contributed by atoms with Crippen LogP contribution in [0.15, 0.2) is 18.2 Å². The molecule has 0 atom stereocenters. The van der Waals surface area contributed by atoms with Gasteiger partial charge in [-0.25, -0.2) is 9.21 Å². The van der Waals surface area contributed by atoms with Crippen molar-refractivity contribution in [3.63, 3.8) is 0 Å². The summed E-state index contributed by atoms with van der Waals surface area (Å²) in [6, 6.07) is 5.11. The number of nitrogens with zero attached hydrogens (tertiary/aromatic N) is 1. The Morgan fingerprint density at radius 3 is 2.76 bits per heavy atom. The van der Waals surface area contributed by atoms with Gasteiger partial charge in [-0.3, -0.25) is 0 Å². The Kier molecular flexibility index (Phi) is 5.88. The van der Waals surface area contributed by atoms with Crippen LogP contribution in [-0.2, 0) is 0 Å². The monoisotopic (exact) mass is 311 g/mol. The fraction of sp³-hybridized carbons (Fsp3) is 0.562. The van der Waals surface area contributed by atoms with E-state index in [1.54, 1.807) is 25.1 Å². The maximum Gasteiger partial charge on any atom is 0.335 e. The van der Waals surface area contributed by atoms with Crippen molar-refractivity contribution in [3.05, 3.63) is 29.3 Å². The molecule has 4 nitrogen and oxygen atoms in total. The van der Waals surface area contributed by atoms with Gasteiger partial charge in [0.2, 0.25) is 0 Å². The van der Waals surface area contributed by atoms with E-state index in [1.807, 2.05) is 4.42 Å². The van der Waals surface area contributed by atoms with Crippen LogP contribution in [0.5, 0.6) is 5.75 Å². The molecule has 1 aliphatic heterocycles. The Labute approximate surface area is 130 Å². The van der Waals surface area contributed by atoms with Crippen LogP contribution in [0.4, 0.5) is 0 Å². The molecule has 2 rings (SSSR count).